The van der Waals surface area contributed by atoms with Crippen LogP contribution >= 0.6 is 23.2 Å². The number of ether oxygens (including phenoxy) is 2. The number of benzene rings is 2. The number of hydrogen-bond donors (Lipinski definition) is 3. The Balaban J connectivity index is 1.88. The predicted molar refractivity (Wildman–Crippen MR) is 109 cm³/mol. The molecule has 0 radical (unpaired) electrons. The quantitative estimate of drug-likeness (QED) is 0.538. The van der Waals surface area contributed by atoms with Crippen LogP contribution < -0.4 is 25.8 Å². The number of nitrogens with one attached hydrogen (secondary N) is 2. The molecule has 0 saturated heterocycles. The first kappa shape index (κ1) is 18.9. The second-order valence-corrected chi connectivity index (χ2v) is 6.24. The average molecular weight is 406 g/mol. The summed E-state index contributed by atoms with van der Waals surface area (Å²) >= 11 is 12.0. The summed E-state index contributed by atoms with van der Waals surface area (Å²) in [5, 5.41) is 7.14. The van der Waals surface area contributed by atoms with Crippen LogP contribution in [-0.4, -0.2) is 24.2 Å². The van der Waals surface area contributed by atoms with Gasteiger partial charge in [0.05, 0.1) is 30.0 Å². The Hall–Kier alpha value is -2.90. The molecular formula is C18H17Cl2N5O2. The molecular weight excluding hydrogens is 389 g/mol. The van der Waals surface area contributed by atoms with Gasteiger partial charge in [0.25, 0.3) is 0 Å². The Kier molecular flexibility index (Phi) is 5.73. The van der Waals surface area contributed by atoms with E-state index in [4.69, 9.17) is 38.4 Å². The number of rotatable bonds is 6. The third-order valence-electron chi connectivity index (χ3n) is 3.73. The lowest BCUT2D eigenvalue weighted by Crippen LogP contribution is -2.06. The maximum Gasteiger partial charge on any atom is 0.159 e. The van der Waals surface area contributed by atoms with E-state index in [0.29, 0.717) is 50.2 Å². The van der Waals surface area contributed by atoms with Crippen LogP contribution in [0.5, 0.6) is 11.5 Å². The van der Waals surface area contributed by atoms with E-state index in [0.717, 1.165) is 0 Å². The first-order valence-corrected chi connectivity index (χ1v) is 8.59. The summed E-state index contributed by atoms with van der Waals surface area (Å²) in [6.07, 6.45) is 1.40. The van der Waals surface area contributed by atoms with Crippen molar-refractivity contribution in [2.24, 2.45) is 0 Å². The Bertz CT molecular complexity index is 968. The van der Waals surface area contributed by atoms with Crippen molar-refractivity contribution >= 4 is 51.9 Å². The molecule has 27 heavy (non-hydrogen) atoms. The zero-order valence-corrected chi connectivity index (χ0v) is 16.1. The first-order valence-electron chi connectivity index (χ1n) is 7.83. The number of anilines is 5. The lowest BCUT2D eigenvalue weighted by Gasteiger charge is -2.15. The molecule has 0 aliphatic rings. The van der Waals surface area contributed by atoms with Gasteiger partial charge in [-0.2, -0.15) is 0 Å². The highest BCUT2D eigenvalue weighted by Crippen LogP contribution is 2.34. The molecule has 0 bridgehead atoms. The van der Waals surface area contributed by atoms with Gasteiger partial charge in [-0.1, -0.05) is 23.2 Å². The van der Waals surface area contributed by atoms with E-state index in [-0.39, 0.29) is 0 Å². The lowest BCUT2D eigenvalue weighted by atomic mass is 10.2. The van der Waals surface area contributed by atoms with Gasteiger partial charge < -0.3 is 25.8 Å². The molecule has 0 aliphatic carbocycles. The molecule has 0 saturated carbocycles. The van der Waals surface area contributed by atoms with Gasteiger partial charge in [-0.3, -0.25) is 0 Å². The minimum absolute atomic E-state index is 0.335. The van der Waals surface area contributed by atoms with Crippen molar-refractivity contribution in [2.75, 3.05) is 30.6 Å². The van der Waals surface area contributed by atoms with Crippen molar-refractivity contribution in [3.8, 4) is 11.5 Å². The van der Waals surface area contributed by atoms with Gasteiger partial charge in [-0.15, -0.1) is 0 Å². The number of nitrogen functional groups attached to an aromatic ring is 1. The fourth-order valence-electron chi connectivity index (χ4n) is 2.33. The van der Waals surface area contributed by atoms with Gasteiger partial charge in [0, 0.05) is 11.8 Å². The summed E-state index contributed by atoms with van der Waals surface area (Å²) in [6, 6.07) is 10.5. The van der Waals surface area contributed by atoms with E-state index >= 15 is 0 Å². The minimum atomic E-state index is 0.335. The van der Waals surface area contributed by atoms with Crippen LogP contribution in [0.25, 0.3) is 0 Å². The minimum Gasteiger partial charge on any atom is -0.497 e. The molecule has 2 aromatic carbocycles. The summed E-state index contributed by atoms with van der Waals surface area (Å²) in [5.41, 5.74) is 7.94. The summed E-state index contributed by atoms with van der Waals surface area (Å²) < 4.78 is 10.6. The zero-order chi connectivity index (χ0) is 19.4. The van der Waals surface area contributed by atoms with Gasteiger partial charge in [-0.05, 0) is 30.3 Å². The van der Waals surface area contributed by atoms with Crippen LogP contribution in [0.2, 0.25) is 10.0 Å². The van der Waals surface area contributed by atoms with Crippen molar-refractivity contribution in [3.05, 3.63) is 52.8 Å². The van der Waals surface area contributed by atoms with Crippen LogP contribution in [0.15, 0.2) is 42.7 Å². The monoisotopic (exact) mass is 405 g/mol. The maximum absolute atomic E-state index is 6.22. The molecule has 3 rings (SSSR count). The van der Waals surface area contributed by atoms with Crippen LogP contribution in [0.3, 0.4) is 0 Å². The highest BCUT2D eigenvalue weighted by molar-refractivity contribution is 6.42. The Morgan fingerprint density at radius 3 is 2.30 bits per heavy atom. The molecule has 9 heteroatoms. The Morgan fingerprint density at radius 1 is 0.889 bits per heavy atom. The molecule has 1 heterocycles. The van der Waals surface area contributed by atoms with Crippen LogP contribution in [0.4, 0.5) is 28.7 Å². The smallest absolute Gasteiger partial charge is 0.159 e. The van der Waals surface area contributed by atoms with Crippen molar-refractivity contribution in [1.29, 1.82) is 0 Å². The topological polar surface area (TPSA) is 94.3 Å². The highest BCUT2D eigenvalue weighted by Gasteiger charge is 2.12. The molecule has 0 fully saturated rings. The molecule has 0 amide bonds. The SMILES string of the molecule is COc1ccc(Nc2ncnc(Nc3ccc(Cl)c(Cl)c3)c2N)c(OC)c1. The van der Waals surface area contributed by atoms with Crippen molar-refractivity contribution in [3.63, 3.8) is 0 Å². The van der Waals surface area contributed by atoms with E-state index in [2.05, 4.69) is 20.6 Å². The molecule has 3 aromatic rings. The molecule has 7 nitrogen and oxygen atoms in total. The number of nitrogens with two attached hydrogens (primary N) is 1. The second kappa shape index (κ2) is 8.20. The molecule has 0 spiro atoms. The summed E-state index contributed by atoms with van der Waals surface area (Å²) in [6.45, 7) is 0. The Labute approximate surface area is 166 Å². The number of methoxy groups -OCH3 is 2. The number of hydrogen-bond acceptors (Lipinski definition) is 7. The van der Waals surface area contributed by atoms with E-state index in [1.165, 1.54) is 6.33 Å². The summed E-state index contributed by atoms with van der Waals surface area (Å²) in [5.74, 6) is 2.12. The average Bonchev–Trinajstić information content (AvgIpc) is 2.68. The summed E-state index contributed by atoms with van der Waals surface area (Å²) in [7, 11) is 3.16. The van der Waals surface area contributed by atoms with E-state index in [1.807, 2.05) is 6.07 Å². The zero-order valence-electron chi connectivity index (χ0n) is 14.6. The molecule has 4 N–H and O–H groups in total. The van der Waals surface area contributed by atoms with Gasteiger partial charge in [0.15, 0.2) is 11.6 Å². The largest absolute Gasteiger partial charge is 0.497 e. The molecule has 0 unspecified atom stereocenters. The van der Waals surface area contributed by atoms with Crippen molar-refractivity contribution < 1.29 is 9.47 Å². The number of halogens is 2. The van der Waals surface area contributed by atoms with Gasteiger partial charge >= 0.3 is 0 Å². The third kappa shape index (κ3) is 4.27. The fourth-order valence-corrected chi connectivity index (χ4v) is 2.63. The maximum atomic E-state index is 6.22. The molecule has 0 aliphatic heterocycles. The van der Waals surface area contributed by atoms with E-state index in [1.54, 1.807) is 44.6 Å². The standard InChI is InChI=1S/C18H17Cl2N5O2/c1-26-11-4-6-14(15(8-11)27-2)25-18-16(21)17(22-9-23-18)24-10-3-5-12(19)13(20)7-10/h3-9H,21H2,1-2H3,(H2,22,23,24,25). The van der Waals surface area contributed by atoms with Crippen molar-refractivity contribution in [2.45, 2.75) is 0 Å². The Morgan fingerprint density at radius 2 is 1.63 bits per heavy atom. The van der Waals surface area contributed by atoms with Gasteiger partial charge in [-0.25, -0.2) is 9.97 Å². The second-order valence-electron chi connectivity index (χ2n) is 5.43. The molecule has 140 valence electrons. The highest BCUT2D eigenvalue weighted by atomic mass is 35.5. The van der Waals surface area contributed by atoms with Gasteiger partial charge in [0.2, 0.25) is 0 Å². The molecule has 1 aromatic heterocycles. The number of nitrogens with zero attached hydrogens (tertiary/aromatic N) is 2. The van der Waals surface area contributed by atoms with Crippen LogP contribution in [-0.2, 0) is 0 Å². The third-order valence-corrected chi connectivity index (χ3v) is 4.47. The first-order chi connectivity index (χ1) is 13.0. The number of aromatic nitrogens is 2. The van der Waals surface area contributed by atoms with Crippen LogP contribution in [0, 0.1) is 0 Å². The normalized spacial score (nSPS) is 10.4. The van der Waals surface area contributed by atoms with E-state index < -0.39 is 0 Å². The molecule has 0 atom stereocenters. The van der Waals surface area contributed by atoms with Crippen molar-refractivity contribution in [1.82, 2.24) is 9.97 Å². The van der Waals surface area contributed by atoms with Gasteiger partial charge in [0.1, 0.15) is 23.5 Å². The lowest BCUT2D eigenvalue weighted by molar-refractivity contribution is 0.395. The van der Waals surface area contributed by atoms with E-state index in [9.17, 15) is 0 Å². The van der Waals surface area contributed by atoms with Crippen LogP contribution in [0.1, 0.15) is 0 Å². The summed E-state index contributed by atoms with van der Waals surface area (Å²) in [4.78, 5) is 8.39. The fraction of sp³-hybridized carbons (Fsp3) is 0.111. The predicted octanol–water partition coefficient (Wildman–Crippen LogP) is 4.87.